The van der Waals surface area contributed by atoms with Crippen molar-refractivity contribution in [2.75, 3.05) is 30.7 Å². The monoisotopic (exact) mass is 475 g/mol. The molecule has 1 aliphatic rings. The van der Waals surface area contributed by atoms with Crippen molar-refractivity contribution in [2.45, 2.75) is 50.2 Å². The molecule has 0 unspecified atom stereocenters. The first-order valence-electron chi connectivity index (χ1n) is 9.87. The van der Waals surface area contributed by atoms with Crippen molar-refractivity contribution in [2.24, 2.45) is 5.73 Å². The van der Waals surface area contributed by atoms with Crippen LogP contribution in [0.2, 0.25) is 0 Å². The SMILES string of the molecule is NCCCCCCNc1nc2c(N)ncnc2n1[C@@H]1O[C@H](COP(=O)(O)O)[C@@H](O)[C@H]1O.[Li].[Li]. The number of hydrogen-bond acceptors (Lipinski definition) is 11. The van der Waals surface area contributed by atoms with Gasteiger partial charge in [0, 0.05) is 44.3 Å². The van der Waals surface area contributed by atoms with Gasteiger partial charge in [0.25, 0.3) is 0 Å². The number of nitrogen functional groups attached to an aromatic ring is 1. The Morgan fingerprint density at radius 1 is 1.15 bits per heavy atom. The number of nitrogens with two attached hydrogens (primary N) is 2. The van der Waals surface area contributed by atoms with Crippen molar-refractivity contribution in [3.05, 3.63) is 6.33 Å². The predicted octanol–water partition coefficient (Wildman–Crippen LogP) is -1.69. The summed E-state index contributed by atoms with van der Waals surface area (Å²) in [6, 6.07) is 0. The van der Waals surface area contributed by atoms with Gasteiger partial charge in [-0.1, -0.05) is 12.8 Å². The van der Waals surface area contributed by atoms with Gasteiger partial charge >= 0.3 is 7.82 Å². The van der Waals surface area contributed by atoms with Crippen LogP contribution < -0.4 is 16.8 Å². The number of aliphatic hydroxyl groups excluding tert-OH is 2. The zero-order valence-electron chi connectivity index (χ0n) is 18.7. The maximum atomic E-state index is 11.0. The minimum atomic E-state index is -4.78. The molecular weight excluding hydrogens is 447 g/mol. The fourth-order valence-corrected chi connectivity index (χ4v) is 3.71. The molecule has 2 aromatic rings. The Morgan fingerprint density at radius 2 is 1.85 bits per heavy atom. The molecule has 1 saturated heterocycles. The van der Waals surface area contributed by atoms with Crippen molar-refractivity contribution in [1.82, 2.24) is 19.5 Å². The Balaban J connectivity index is 0.00000272. The zero-order valence-corrected chi connectivity index (χ0v) is 19.6. The predicted molar refractivity (Wildman–Crippen MR) is 121 cm³/mol. The summed E-state index contributed by atoms with van der Waals surface area (Å²) in [4.78, 5) is 30.3. The molecule has 3 rings (SSSR count). The number of fused-ring (bicyclic) bond motifs is 1. The summed E-state index contributed by atoms with van der Waals surface area (Å²) in [6.45, 7) is 0.595. The van der Waals surface area contributed by atoms with Crippen LogP contribution in [-0.2, 0) is 13.8 Å². The molecule has 0 aromatic carbocycles. The van der Waals surface area contributed by atoms with E-state index >= 15 is 0 Å². The third-order valence-electron chi connectivity index (χ3n) is 4.92. The van der Waals surface area contributed by atoms with E-state index in [9.17, 15) is 14.8 Å². The molecule has 3 heterocycles. The maximum Gasteiger partial charge on any atom is 0.469 e. The molecule has 1 aliphatic heterocycles. The number of aliphatic hydroxyl groups is 2. The topological polar surface area (TPSA) is 224 Å². The van der Waals surface area contributed by atoms with Crippen LogP contribution in [0.1, 0.15) is 31.9 Å². The van der Waals surface area contributed by atoms with Gasteiger partial charge in [-0.15, -0.1) is 0 Å². The molecule has 2 aromatic heterocycles. The van der Waals surface area contributed by atoms with Crippen molar-refractivity contribution < 1.29 is 33.8 Å². The number of aromatic nitrogens is 4. The van der Waals surface area contributed by atoms with Gasteiger partial charge < -0.3 is 41.5 Å². The Bertz CT molecular complexity index is 934. The van der Waals surface area contributed by atoms with Gasteiger partial charge in [0.15, 0.2) is 23.2 Å². The Morgan fingerprint density at radius 3 is 2.52 bits per heavy atom. The van der Waals surface area contributed by atoms with Crippen LogP contribution >= 0.6 is 7.82 Å². The van der Waals surface area contributed by atoms with Crippen LogP contribution in [-0.4, -0.2) is 115 Å². The van der Waals surface area contributed by atoms with Gasteiger partial charge in [0.1, 0.15) is 24.6 Å². The van der Waals surface area contributed by atoms with Gasteiger partial charge in [-0.2, -0.15) is 0 Å². The first-order chi connectivity index (χ1) is 14.7. The van der Waals surface area contributed by atoms with Crippen LogP contribution in [0.4, 0.5) is 11.8 Å². The van der Waals surface area contributed by atoms with Crippen molar-refractivity contribution in [1.29, 1.82) is 0 Å². The van der Waals surface area contributed by atoms with Gasteiger partial charge in [-0.25, -0.2) is 19.5 Å². The Hall–Kier alpha value is -0.705. The van der Waals surface area contributed by atoms with Crippen LogP contribution in [0, 0.1) is 0 Å². The molecule has 14 nitrogen and oxygen atoms in total. The second kappa shape index (κ2) is 13.4. The van der Waals surface area contributed by atoms with Gasteiger partial charge in [-0.3, -0.25) is 9.09 Å². The molecule has 17 heteroatoms. The van der Waals surface area contributed by atoms with Crippen LogP contribution in [0.25, 0.3) is 11.2 Å². The molecular formula is C16H28Li2N7O7P. The standard InChI is InChI=1S/C16H28N7O7P.2Li/c17-5-3-1-2-4-6-19-16-22-10-13(18)20-8-21-14(10)23(16)15-12(25)11(24)9(30-15)7-29-31(26,27)28;;/h8-9,11-12,15,24-25H,1-7,17H2,(H,19,22)(H2,18,20,21)(H2,26,27,28);;/t9-,11-,12-,15-;;/m1../s1. The van der Waals surface area contributed by atoms with Gasteiger partial charge in [0.05, 0.1) is 6.61 Å². The minimum absolute atomic E-state index is 0. The van der Waals surface area contributed by atoms with Gasteiger partial charge in [-0.05, 0) is 19.4 Å². The fourth-order valence-electron chi connectivity index (χ4n) is 3.37. The molecule has 0 aliphatic carbocycles. The van der Waals surface area contributed by atoms with Crippen LogP contribution in [0.15, 0.2) is 6.33 Å². The molecule has 176 valence electrons. The average molecular weight is 475 g/mol. The second-order valence-corrected chi connectivity index (χ2v) is 8.44. The number of unbranched alkanes of at least 4 members (excludes halogenated alkanes) is 3. The minimum Gasteiger partial charge on any atom is -0.387 e. The van der Waals surface area contributed by atoms with E-state index in [4.69, 9.17) is 26.0 Å². The number of anilines is 2. The summed E-state index contributed by atoms with van der Waals surface area (Å²) < 4.78 is 22.5. The third-order valence-corrected chi connectivity index (χ3v) is 5.40. The van der Waals surface area contributed by atoms with E-state index in [1.54, 1.807) is 0 Å². The number of hydrogen-bond donors (Lipinski definition) is 7. The van der Waals surface area contributed by atoms with Crippen molar-refractivity contribution in [3.63, 3.8) is 0 Å². The molecule has 0 bridgehead atoms. The molecule has 2 radical (unpaired) electrons. The van der Waals surface area contributed by atoms with Crippen molar-refractivity contribution >= 4 is 68.5 Å². The summed E-state index contributed by atoms with van der Waals surface area (Å²) in [5, 5.41) is 24.0. The Labute approximate surface area is 214 Å². The maximum absolute atomic E-state index is 11.0. The fraction of sp³-hybridized carbons (Fsp3) is 0.688. The molecule has 4 atom stereocenters. The van der Waals surface area contributed by atoms with Crippen molar-refractivity contribution in [3.8, 4) is 0 Å². The number of rotatable bonds is 11. The smallest absolute Gasteiger partial charge is 0.387 e. The first-order valence-corrected chi connectivity index (χ1v) is 11.4. The zero-order chi connectivity index (χ0) is 22.6. The number of imidazole rings is 1. The summed E-state index contributed by atoms with van der Waals surface area (Å²) in [5.41, 5.74) is 12.0. The summed E-state index contributed by atoms with van der Waals surface area (Å²) in [6.07, 6.45) is -0.240. The quantitative estimate of drug-likeness (QED) is 0.110. The first kappa shape index (κ1) is 30.3. The van der Waals surface area contributed by atoms with Crippen LogP contribution in [0.3, 0.4) is 0 Å². The number of phosphoric acid groups is 1. The number of nitrogens with zero attached hydrogens (tertiary/aromatic N) is 4. The number of phosphoric ester groups is 1. The summed E-state index contributed by atoms with van der Waals surface area (Å²) in [7, 11) is -4.78. The van der Waals surface area contributed by atoms with E-state index < -0.39 is 39.0 Å². The van der Waals surface area contributed by atoms with E-state index in [1.165, 1.54) is 10.9 Å². The van der Waals surface area contributed by atoms with E-state index in [2.05, 4.69) is 24.8 Å². The summed E-state index contributed by atoms with van der Waals surface area (Å²) >= 11 is 0. The molecule has 0 amide bonds. The van der Waals surface area contributed by atoms with E-state index in [0.29, 0.717) is 19.0 Å². The number of ether oxygens (including phenoxy) is 1. The summed E-state index contributed by atoms with van der Waals surface area (Å²) in [5.74, 6) is 0.429. The van der Waals surface area contributed by atoms with Gasteiger partial charge in [0.2, 0.25) is 5.95 Å². The van der Waals surface area contributed by atoms with Crippen LogP contribution in [0.5, 0.6) is 0 Å². The molecule has 1 fully saturated rings. The average Bonchev–Trinajstić information content (AvgIpc) is 3.21. The second-order valence-electron chi connectivity index (χ2n) is 7.20. The third kappa shape index (κ3) is 7.64. The largest absolute Gasteiger partial charge is 0.469 e. The molecule has 33 heavy (non-hydrogen) atoms. The Kier molecular flexibility index (Phi) is 12.3. The molecule has 9 N–H and O–H groups in total. The number of nitrogens with one attached hydrogen (secondary N) is 1. The molecule has 0 saturated carbocycles. The van der Waals surface area contributed by atoms with E-state index in [-0.39, 0.29) is 54.7 Å². The van der Waals surface area contributed by atoms with E-state index in [1.807, 2.05) is 0 Å². The normalized spacial score (nSPS) is 22.7. The van der Waals surface area contributed by atoms with E-state index in [0.717, 1.165) is 25.7 Å². The molecule has 0 spiro atoms.